The quantitative estimate of drug-likeness (QED) is 0.824. The smallest absolute Gasteiger partial charge is 0.305 e. The second-order valence-electron chi connectivity index (χ2n) is 4.35. The Kier molecular flexibility index (Phi) is 5.01. The van der Waals surface area contributed by atoms with Crippen molar-refractivity contribution >= 4 is 11.7 Å². The Labute approximate surface area is 103 Å². The van der Waals surface area contributed by atoms with Gasteiger partial charge in [-0.05, 0) is 37.5 Å². The van der Waals surface area contributed by atoms with E-state index in [0.29, 0.717) is 6.54 Å². The highest BCUT2D eigenvalue weighted by atomic mass is 16.4. The average molecular weight is 235 g/mol. The summed E-state index contributed by atoms with van der Waals surface area (Å²) in [5.74, 6) is -0.739. The first-order chi connectivity index (χ1) is 8.06. The van der Waals surface area contributed by atoms with E-state index in [9.17, 15) is 4.79 Å². The largest absolute Gasteiger partial charge is 0.481 e. The highest BCUT2D eigenvalue weighted by Gasteiger charge is 2.10. The van der Waals surface area contributed by atoms with Crippen LogP contribution in [0.5, 0.6) is 0 Å². The summed E-state index contributed by atoms with van der Waals surface area (Å²) in [6.45, 7) is 7.76. The number of benzene rings is 1. The Balaban J connectivity index is 2.88. The van der Waals surface area contributed by atoms with Gasteiger partial charge in [0.1, 0.15) is 0 Å². The van der Waals surface area contributed by atoms with Crippen molar-refractivity contribution in [3.8, 4) is 0 Å². The third kappa shape index (κ3) is 3.77. The maximum Gasteiger partial charge on any atom is 0.305 e. The van der Waals surface area contributed by atoms with Gasteiger partial charge in [0.25, 0.3) is 0 Å². The zero-order valence-electron chi connectivity index (χ0n) is 10.9. The van der Waals surface area contributed by atoms with E-state index < -0.39 is 5.97 Å². The Morgan fingerprint density at radius 3 is 2.59 bits per heavy atom. The molecule has 0 aliphatic carbocycles. The van der Waals surface area contributed by atoms with E-state index in [2.05, 4.69) is 37.8 Å². The van der Waals surface area contributed by atoms with Crippen molar-refractivity contribution < 1.29 is 9.90 Å². The van der Waals surface area contributed by atoms with E-state index in [1.807, 2.05) is 6.07 Å². The summed E-state index contributed by atoms with van der Waals surface area (Å²) in [6, 6.07) is 6.18. The van der Waals surface area contributed by atoms with Crippen molar-refractivity contribution in [1.82, 2.24) is 0 Å². The number of aryl methyl sites for hydroxylation is 1. The lowest BCUT2D eigenvalue weighted by Gasteiger charge is -2.26. The van der Waals surface area contributed by atoms with Gasteiger partial charge in [-0.25, -0.2) is 0 Å². The second-order valence-corrected chi connectivity index (χ2v) is 4.35. The molecule has 0 saturated carbocycles. The summed E-state index contributed by atoms with van der Waals surface area (Å²) in [4.78, 5) is 12.8. The van der Waals surface area contributed by atoms with Crippen LogP contribution in [0.1, 0.15) is 30.9 Å². The van der Waals surface area contributed by atoms with Gasteiger partial charge in [0.05, 0.1) is 6.42 Å². The summed E-state index contributed by atoms with van der Waals surface area (Å²) >= 11 is 0. The molecule has 0 heterocycles. The number of aliphatic carboxylic acids is 1. The highest BCUT2D eigenvalue weighted by molar-refractivity contribution is 5.68. The monoisotopic (exact) mass is 235 g/mol. The first-order valence-corrected chi connectivity index (χ1v) is 6.09. The highest BCUT2D eigenvalue weighted by Crippen LogP contribution is 2.23. The lowest BCUT2D eigenvalue weighted by Crippen LogP contribution is -2.27. The molecule has 0 spiro atoms. The number of nitrogens with zero attached hydrogens (tertiary/aromatic N) is 1. The normalized spacial score (nSPS) is 10.3. The van der Waals surface area contributed by atoms with Gasteiger partial charge in [-0.1, -0.05) is 19.1 Å². The SMILES string of the molecule is CCCN(CCC(=O)O)c1cccc(C)c1C. The van der Waals surface area contributed by atoms with Crippen molar-refractivity contribution in [2.45, 2.75) is 33.6 Å². The van der Waals surface area contributed by atoms with Gasteiger partial charge in [0, 0.05) is 18.8 Å². The van der Waals surface area contributed by atoms with Crippen LogP contribution in [0.25, 0.3) is 0 Å². The molecule has 17 heavy (non-hydrogen) atoms. The molecule has 1 aromatic carbocycles. The molecule has 0 saturated heterocycles. The van der Waals surface area contributed by atoms with Gasteiger partial charge in [0.2, 0.25) is 0 Å². The van der Waals surface area contributed by atoms with Crippen LogP contribution in [0.15, 0.2) is 18.2 Å². The van der Waals surface area contributed by atoms with E-state index in [4.69, 9.17) is 5.11 Å². The van der Waals surface area contributed by atoms with E-state index in [-0.39, 0.29) is 6.42 Å². The average Bonchev–Trinajstić information content (AvgIpc) is 2.28. The molecule has 0 aliphatic heterocycles. The third-order valence-electron chi connectivity index (χ3n) is 3.01. The minimum Gasteiger partial charge on any atom is -0.481 e. The molecule has 0 aromatic heterocycles. The summed E-state index contributed by atoms with van der Waals surface area (Å²) in [7, 11) is 0. The zero-order chi connectivity index (χ0) is 12.8. The zero-order valence-corrected chi connectivity index (χ0v) is 10.9. The minimum absolute atomic E-state index is 0.188. The standard InChI is InChI=1S/C14H21NO2/c1-4-9-15(10-8-14(16)17)13-7-5-6-11(2)12(13)3/h5-7H,4,8-10H2,1-3H3,(H,16,17). The minimum atomic E-state index is -0.739. The molecule has 0 bridgehead atoms. The Hall–Kier alpha value is -1.51. The molecule has 0 radical (unpaired) electrons. The predicted molar refractivity (Wildman–Crippen MR) is 70.7 cm³/mol. The van der Waals surface area contributed by atoms with Crippen molar-refractivity contribution in [3.63, 3.8) is 0 Å². The van der Waals surface area contributed by atoms with Crippen molar-refractivity contribution in [2.75, 3.05) is 18.0 Å². The van der Waals surface area contributed by atoms with Crippen molar-refractivity contribution in [3.05, 3.63) is 29.3 Å². The molecule has 1 aromatic rings. The molecule has 1 rings (SSSR count). The first kappa shape index (κ1) is 13.6. The van der Waals surface area contributed by atoms with Crippen LogP contribution >= 0.6 is 0 Å². The van der Waals surface area contributed by atoms with Crippen LogP contribution in [-0.2, 0) is 4.79 Å². The summed E-state index contributed by atoms with van der Waals surface area (Å²) in [6.07, 6.45) is 1.21. The summed E-state index contributed by atoms with van der Waals surface area (Å²) in [5.41, 5.74) is 3.65. The topological polar surface area (TPSA) is 40.5 Å². The molecule has 0 fully saturated rings. The predicted octanol–water partition coefficient (Wildman–Crippen LogP) is 2.99. The van der Waals surface area contributed by atoms with Crippen LogP contribution in [-0.4, -0.2) is 24.2 Å². The molecular weight excluding hydrogens is 214 g/mol. The molecule has 0 atom stereocenters. The van der Waals surface area contributed by atoms with Crippen LogP contribution in [0.3, 0.4) is 0 Å². The fourth-order valence-electron chi connectivity index (χ4n) is 1.93. The molecule has 3 heteroatoms. The number of carbonyl (C=O) groups is 1. The summed E-state index contributed by atoms with van der Waals surface area (Å²) in [5, 5.41) is 8.77. The number of carboxylic acids is 1. The Bertz CT molecular complexity index is 388. The maximum absolute atomic E-state index is 10.7. The maximum atomic E-state index is 10.7. The fraction of sp³-hybridized carbons (Fsp3) is 0.500. The molecular formula is C14H21NO2. The molecule has 3 nitrogen and oxygen atoms in total. The van der Waals surface area contributed by atoms with E-state index in [1.54, 1.807) is 0 Å². The molecule has 0 amide bonds. The molecule has 0 aliphatic rings. The lowest BCUT2D eigenvalue weighted by atomic mass is 10.1. The van der Waals surface area contributed by atoms with Gasteiger partial charge in [-0.3, -0.25) is 4.79 Å². The van der Waals surface area contributed by atoms with Crippen LogP contribution in [0.4, 0.5) is 5.69 Å². The van der Waals surface area contributed by atoms with Crippen LogP contribution in [0, 0.1) is 13.8 Å². The second kappa shape index (κ2) is 6.28. The number of hydrogen-bond donors (Lipinski definition) is 1. The number of hydrogen-bond acceptors (Lipinski definition) is 2. The van der Waals surface area contributed by atoms with Gasteiger partial charge in [0.15, 0.2) is 0 Å². The number of anilines is 1. The Morgan fingerprint density at radius 1 is 1.29 bits per heavy atom. The first-order valence-electron chi connectivity index (χ1n) is 6.09. The van der Waals surface area contributed by atoms with Crippen LogP contribution < -0.4 is 4.90 Å². The van der Waals surface area contributed by atoms with E-state index >= 15 is 0 Å². The van der Waals surface area contributed by atoms with Gasteiger partial charge in [-0.15, -0.1) is 0 Å². The van der Waals surface area contributed by atoms with Gasteiger partial charge in [-0.2, -0.15) is 0 Å². The van der Waals surface area contributed by atoms with Gasteiger partial charge < -0.3 is 10.0 Å². The fourth-order valence-corrected chi connectivity index (χ4v) is 1.93. The Morgan fingerprint density at radius 2 is 2.00 bits per heavy atom. The third-order valence-corrected chi connectivity index (χ3v) is 3.01. The molecule has 0 unspecified atom stereocenters. The van der Waals surface area contributed by atoms with Gasteiger partial charge >= 0.3 is 5.97 Å². The molecule has 1 N–H and O–H groups in total. The number of rotatable bonds is 6. The van der Waals surface area contributed by atoms with Crippen molar-refractivity contribution in [2.24, 2.45) is 0 Å². The van der Waals surface area contributed by atoms with Crippen LogP contribution in [0.2, 0.25) is 0 Å². The molecule has 94 valence electrons. The van der Waals surface area contributed by atoms with Crippen molar-refractivity contribution in [1.29, 1.82) is 0 Å². The van der Waals surface area contributed by atoms with E-state index in [0.717, 1.165) is 18.7 Å². The summed E-state index contributed by atoms with van der Waals surface area (Å²) < 4.78 is 0. The lowest BCUT2D eigenvalue weighted by molar-refractivity contribution is -0.136. The van der Waals surface area contributed by atoms with E-state index in [1.165, 1.54) is 11.1 Å². The number of carboxylic acid groups (broad SMARTS) is 1.